The highest BCUT2D eigenvalue weighted by Gasteiger charge is 2.31. The van der Waals surface area contributed by atoms with Crippen molar-refractivity contribution in [3.8, 4) is 0 Å². The van der Waals surface area contributed by atoms with Crippen molar-refractivity contribution in [2.75, 3.05) is 12.4 Å². The summed E-state index contributed by atoms with van der Waals surface area (Å²) in [7, 11) is 1.30. The minimum atomic E-state index is -0.817. The molecule has 0 fully saturated rings. The van der Waals surface area contributed by atoms with Gasteiger partial charge in [0.15, 0.2) is 0 Å². The third-order valence-corrected chi connectivity index (χ3v) is 5.67. The second-order valence-electron chi connectivity index (χ2n) is 9.65. The van der Waals surface area contributed by atoms with E-state index in [1.165, 1.54) is 18.4 Å². The Morgan fingerprint density at radius 1 is 1.00 bits per heavy atom. The SMILES string of the molecule is COC(=O)c1ccc(NC(=O)[C@H](CC(C)C)NC(=O)[C@@H](CC(=O)OC(C)(C)C)c2ccsc2)cc1. The Morgan fingerprint density at radius 2 is 1.66 bits per heavy atom. The molecule has 2 atom stereocenters. The monoisotopic (exact) mass is 502 g/mol. The summed E-state index contributed by atoms with van der Waals surface area (Å²) in [4.78, 5) is 50.5. The molecule has 0 bridgehead atoms. The summed E-state index contributed by atoms with van der Waals surface area (Å²) in [6.07, 6.45) is 0.269. The molecule has 2 rings (SSSR count). The highest BCUT2D eigenvalue weighted by Crippen LogP contribution is 2.25. The molecule has 190 valence electrons. The lowest BCUT2D eigenvalue weighted by Gasteiger charge is -2.24. The minimum Gasteiger partial charge on any atom is -0.465 e. The smallest absolute Gasteiger partial charge is 0.337 e. The van der Waals surface area contributed by atoms with Gasteiger partial charge in [0, 0.05) is 5.69 Å². The number of carbonyl (C=O) groups excluding carboxylic acids is 4. The number of carbonyl (C=O) groups is 4. The Labute approximate surface area is 210 Å². The first-order chi connectivity index (χ1) is 16.4. The fourth-order valence-corrected chi connectivity index (χ4v) is 4.11. The van der Waals surface area contributed by atoms with Crippen LogP contribution in [0.25, 0.3) is 0 Å². The van der Waals surface area contributed by atoms with Gasteiger partial charge in [0.2, 0.25) is 11.8 Å². The van der Waals surface area contributed by atoms with E-state index < -0.39 is 35.4 Å². The number of nitrogens with one attached hydrogen (secondary N) is 2. The molecular weight excluding hydrogens is 468 g/mol. The highest BCUT2D eigenvalue weighted by atomic mass is 32.1. The maximum absolute atomic E-state index is 13.3. The lowest BCUT2D eigenvalue weighted by atomic mass is 9.95. The first-order valence-electron chi connectivity index (χ1n) is 11.4. The van der Waals surface area contributed by atoms with Crippen LogP contribution in [0.1, 0.15) is 69.3 Å². The fraction of sp³-hybridized carbons (Fsp3) is 0.462. The first kappa shape index (κ1) is 28.0. The average molecular weight is 503 g/mol. The van der Waals surface area contributed by atoms with E-state index in [0.29, 0.717) is 23.2 Å². The molecule has 9 heteroatoms. The van der Waals surface area contributed by atoms with E-state index in [2.05, 4.69) is 15.4 Å². The molecule has 2 N–H and O–H groups in total. The first-order valence-corrected chi connectivity index (χ1v) is 12.4. The summed E-state index contributed by atoms with van der Waals surface area (Å²) in [6, 6.07) is 7.25. The normalized spacial score (nSPS) is 13.0. The van der Waals surface area contributed by atoms with Crippen LogP contribution in [0.3, 0.4) is 0 Å². The van der Waals surface area contributed by atoms with Gasteiger partial charge in [-0.1, -0.05) is 13.8 Å². The van der Waals surface area contributed by atoms with E-state index in [1.54, 1.807) is 51.1 Å². The molecule has 0 aliphatic heterocycles. The topological polar surface area (TPSA) is 111 Å². The number of anilines is 1. The van der Waals surface area contributed by atoms with Crippen molar-refractivity contribution in [2.45, 2.75) is 65.0 Å². The van der Waals surface area contributed by atoms with E-state index in [0.717, 1.165) is 0 Å². The van der Waals surface area contributed by atoms with E-state index in [9.17, 15) is 19.2 Å². The van der Waals surface area contributed by atoms with Gasteiger partial charge in [0.25, 0.3) is 0 Å². The number of hydrogen-bond donors (Lipinski definition) is 2. The number of benzene rings is 1. The van der Waals surface area contributed by atoms with Crippen LogP contribution in [0.15, 0.2) is 41.1 Å². The minimum absolute atomic E-state index is 0.123. The van der Waals surface area contributed by atoms with Crippen molar-refractivity contribution in [3.63, 3.8) is 0 Å². The van der Waals surface area contributed by atoms with Crippen molar-refractivity contribution in [1.82, 2.24) is 5.32 Å². The molecule has 0 saturated heterocycles. The van der Waals surface area contributed by atoms with Gasteiger partial charge in [0.05, 0.1) is 25.0 Å². The van der Waals surface area contributed by atoms with Crippen LogP contribution >= 0.6 is 11.3 Å². The molecule has 1 aromatic heterocycles. The summed E-state index contributed by atoms with van der Waals surface area (Å²) >= 11 is 1.42. The lowest BCUT2D eigenvalue weighted by molar-refractivity contribution is -0.156. The van der Waals surface area contributed by atoms with Crippen molar-refractivity contribution in [1.29, 1.82) is 0 Å². The van der Waals surface area contributed by atoms with Crippen molar-refractivity contribution in [2.24, 2.45) is 5.92 Å². The number of methoxy groups -OCH3 is 1. The summed E-state index contributed by atoms with van der Waals surface area (Å²) in [5, 5.41) is 9.27. The second-order valence-corrected chi connectivity index (χ2v) is 10.4. The van der Waals surface area contributed by atoms with Crippen LogP contribution in [0.5, 0.6) is 0 Å². The summed E-state index contributed by atoms with van der Waals surface area (Å²) in [6.45, 7) is 9.21. The van der Waals surface area contributed by atoms with E-state index in [-0.39, 0.29) is 18.2 Å². The molecule has 0 saturated carbocycles. The predicted octanol–water partition coefficient (Wildman–Crippen LogP) is 4.52. The van der Waals surface area contributed by atoms with Gasteiger partial charge in [-0.3, -0.25) is 14.4 Å². The molecule has 2 amide bonds. The number of ether oxygens (including phenoxy) is 2. The van der Waals surface area contributed by atoms with Crippen LogP contribution in [-0.4, -0.2) is 42.5 Å². The summed E-state index contributed by atoms with van der Waals surface area (Å²) in [5.41, 5.74) is 0.864. The maximum Gasteiger partial charge on any atom is 0.337 e. The number of hydrogen-bond acceptors (Lipinski definition) is 7. The van der Waals surface area contributed by atoms with Gasteiger partial charge < -0.3 is 20.1 Å². The van der Waals surface area contributed by atoms with Crippen molar-refractivity contribution < 1.29 is 28.7 Å². The molecule has 1 heterocycles. The van der Waals surface area contributed by atoms with Crippen LogP contribution in [0.4, 0.5) is 5.69 Å². The predicted molar refractivity (Wildman–Crippen MR) is 135 cm³/mol. The third kappa shape index (κ3) is 9.16. The Kier molecular flexibility index (Phi) is 10.0. The molecule has 0 aliphatic carbocycles. The van der Waals surface area contributed by atoms with Crippen LogP contribution in [0.2, 0.25) is 0 Å². The standard InChI is InChI=1S/C26H34N2O6S/c1-16(2)13-21(24(31)27-19-9-7-17(8-10-19)25(32)33-6)28-23(30)20(18-11-12-35-15-18)14-22(29)34-26(3,4)5/h7-12,15-16,20-21H,13-14H2,1-6H3,(H,27,31)(H,28,30)/t20-,21-/m0/s1. The Balaban J connectivity index is 2.17. The van der Waals surface area contributed by atoms with Gasteiger partial charge in [-0.05, 0) is 79.8 Å². The number of thiophene rings is 1. The van der Waals surface area contributed by atoms with E-state index in [1.807, 2.05) is 24.6 Å². The lowest BCUT2D eigenvalue weighted by Crippen LogP contribution is -2.46. The Hall–Kier alpha value is -3.20. The second kappa shape index (κ2) is 12.5. The molecule has 8 nitrogen and oxygen atoms in total. The van der Waals surface area contributed by atoms with Crippen molar-refractivity contribution >= 4 is 40.8 Å². The molecule has 35 heavy (non-hydrogen) atoms. The molecule has 0 radical (unpaired) electrons. The van der Waals surface area contributed by atoms with E-state index >= 15 is 0 Å². The molecular formula is C26H34N2O6S. The molecule has 0 unspecified atom stereocenters. The number of rotatable bonds is 10. The molecule has 0 spiro atoms. The Morgan fingerprint density at radius 3 is 2.17 bits per heavy atom. The van der Waals surface area contributed by atoms with Gasteiger partial charge in [-0.15, -0.1) is 0 Å². The fourth-order valence-electron chi connectivity index (χ4n) is 3.40. The number of esters is 2. The van der Waals surface area contributed by atoms with Gasteiger partial charge >= 0.3 is 11.9 Å². The number of amides is 2. The zero-order chi connectivity index (χ0) is 26.2. The Bertz CT molecular complexity index is 1010. The van der Waals surface area contributed by atoms with E-state index in [4.69, 9.17) is 4.74 Å². The summed E-state index contributed by atoms with van der Waals surface area (Å²) in [5.74, 6) is -2.43. The van der Waals surface area contributed by atoms with Gasteiger partial charge in [-0.25, -0.2) is 4.79 Å². The average Bonchev–Trinajstić information content (AvgIpc) is 3.30. The van der Waals surface area contributed by atoms with Gasteiger partial charge in [-0.2, -0.15) is 11.3 Å². The van der Waals surface area contributed by atoms with Gasteiger partial charge in [0.1, 0.15) is 11.6 Å². The molecule has 0 aliphatic rings. The van der Waals surface area contributed by atoms with Crippen LogP contribution in [0, 0.1) is 5.92 Å². The molecule has 2 aromatic rings. The largest absolute Gasteiger partial charge is 0.465 e. The van der Waals surface area contributed by atoms with Crippen molar-refractivity contribution in [3.05, 3.63) is 52.2 Å². The van der Waals surface area contributed by atoms with Crippen LogP contribution in [-0.2, 0) is 23.9 Å². The third-order valence-electron chi connectivity index (χ3n) is 4.97. The quantitative estimate of drug-likeness (QED) is 0.462. The zero-order valence-electron chi connectivity index (χ0n) is 21.0. The molecule has 1 aromatic carbocycles. The van der Waals surface area contributed by atoms with Crippen LogP contribution < -0.4 is 10.6 Å². The maximum atomic E-state index is 13.3. The highest BCUT2D eigenvalue weighted by molar-refractivity contribution is 7.08. The zero-order valence-corrected chi connectivity index (χ0v) is 21.9. The summed E-state index contributed by atoms with van der Waals surface area (Å²) < 4.78 is 10.1.